The Morgan fingerprint density at radius 2 is 1.84 bits per heavy atom. The zero-order valence-electron chi connectivity index (χ0n) is 10.5. The third-order valence-corrected chi connectivity index (χ3v) is 2.39. The van der Waals surface area contributed by atoms with Gasteiger partial charge in [-0.3, -0.25) is 14.7 Å². The maximum absolute atomic E-state index is 11.3. The molecule has 0 radical (unpaired) electrons. The van der Waals surface area contributed by atoms with E-state index in [9.17, 15) is 9.59 Å². The van der Waals surface area contributed by atoms with Gasteiger partial charge < -0.3 is 10.4 Å². The standard InChI is InChI=1S/C12H13N5O2/c1-7-11(12(19)17-14-7)16-15-10-5-3-9(4-6-10)13-8(2)18/h3-6H,1-2H3,(H,13,18)(H2,14,17,19). The van der Waals surface area contributed by atoms with E-state index in [1.54, 1.807) is 31.2 Å². The van der Waals surface area contributed by atoms with Crippen molar-refractivity contribution in [3.05, 3.63) is 40.3 Å². The van der Waals surface area contributed by atoms with E-state index in [-0.39, 0.29) is 17.2 Å². The van der Waals surface area contributed by atoms with Gasteiger partial charge in [0.15, 0.2) is 5.69 Å². The number of hydrogen-bond acceptors (Lipinski definition) is 4. The molecule has 19 heavy (non-hydrogen) atoms. The number of azo groups is 1. The number of H-pyrrole nitrogens is 2. The van der Waals surface area contributed by atoms with Gasteiger partial charge in [-0.2, -0.15) is 5.11 Å². The predicted molar refractivity (Wildman–Crippen MR) is 71.1 cm³/mol. The molecule has 0 atom stereocenters. The molecule has 1 aromatic heterocycles. The van der Waals surface area contributed by atoms with Crippen molar-refractivity contribution < 1.29 is 4.79 Å². The Bertz CT molecular complexity index is 666. The Labute approximate surface area is 108 Å². The number of nitrogens with one attached hydrogen (secondary N) is 3. The number of amides is 1. The fourth-order valence-corrected chi connectivity index (χ4v) is 1.48. The molecule has 98 valence electrons. The number of nitrogens with zero attached hydrogens (tertiary/aromatic N) is 2. The second-order valence-electron chi connectivity index (χ2n) is 3.98. The van der Waals surface area contributed by atoms with Gasteiger partial charge in [0, 0.05) is 12.6 Å². The van der Waals surface area contributed by atoms with Crippen LogP contribution in [-0.4, -0.2) is 16.1 Å². The van der Waals surface area contributed by atoms with Crippen LogP contribution in [0.2, 0.25) is 0 Å². The van der Waals surface area contributed by atoms with Crippen molar-refractivity contribution in [2.24, 2.45) is 10.2 Å². The van der Waals surface area contributed by atoms with Crippen molar-refractivity contribution in [3.8, 4) is 0 Å². The van der Waals surface area contributed by atoms with E-state index >= 15 is 0 Å². The topological polar surface area (TPSA) is 102 Å². The van der Waals surface area contributed by atoms with E-state index in [4.69, 9.17) is 0 Å². The number of aromatic nitrogens is 2. The lowest BCUT2D eigenvalue weighted by atomic mass is 10.3. The van der Waals surface area contributed by atoms with Gasteiger partial charge in [-0.05, 0) is 31.2 Å². The van der Waals surface area contributed by atoms with Crippen LogP contribution in [0.4, 0.5) is 17.1 Å². The molecule has 0 bridgehead atoms. The third kappa shape index (κ3) is 3.15. The maximum Gasteiger partial charge on any atom is 0.291 e. The molecule has 0 fully saturated rings. The van der Waals surface area contributed by atoms with Crippen LogP contribution in [0.25, 0.3) is 0 Å². The number of carbonyl (C=O) groups is 1. The van der Waals surface area contributed by atoms with Crippen molar-refractivity contribution in [1.29, 1.82) is 0 Å². The molecule has 2 aromatic rings. The minimum Gasteiger partial charge on any atom is -0.326 e. The van der Waals surface area contributed by atoms with E-state index in [1.807, 2.05) is 0 Å². The predicted octanol–water partition coefficient (Wildman–Crippen LogP) is 2.39. The third-order valence-electron chi connectivity index (χ3n) is 2.39. The van der Waals surface area contributed by atoms with Crippen LogP contribution < -0.4 is 10.9 Å². The molecule has 0 spiro atoms. The first-order chi connectivity index (χ1) is 9.06. The minimum absolute atomic E-state index is 0.135. The number of rotatable bonds is 3. The Balaban J connectivity index is 2.16. The lowest BCUT2D eigenvalue weighted by Gasteiger charge is -2.00. The molecule has 7 heteroatoms. The number of aryl methyl sites for hydroxylation is 1. The molecule has 2 rings (SSSR count). The fourth-order valence-electron chi connectivity index (χ4n) is 1.48. The molecule has 1 amide bonds. The summed E-state index contributed by atoms with van der Waals surface area (Å²) in [6, 6.07) is 6.82. The summed E-state index contributed by atoms with van der Waals surface area (Å²) in [7, 11) is 0. The van der Waals surface area contributed by atoms with Crippen LogP contribution in [0, 0.1) is 6.92 Å². The summed E-state index contributed by atoms with van der Waals surface area (Å²) in [5.41, 5.74) is 1.85. The molecule has 0 unspecified atom stereocenters. The van der Waals surface area contributed by atoms with Gasteiger partial charge in [-0.1, -0.05) is 0 Å². The highest BCUT2D eigenvalue weighted by atomic mass is 16.1. The molecule has 0 saturated heterocycles. The lowest BCUT2D eigenvalue weighted by molar-refractivity contribution is -0.114. The zero-order chi connectivity index (χ0) is 13.8. The molecule has 3 N–H and O–H groups in total. The monoisotopic (exact) mass is 259 g/mol. The average Bonchev–Trinajstić information content (AvgIpc) is 2.68. The van der Waals surface area contributed by atoms with Crippen molar-refractivity contribution >= 4 is 23.0 Å². The molecule has 0 aliphatic rings. The van der Waals surface area contributed by atoms with E-state index in [1.165, 1.54) is 6.92 Å². The second-order valence-corrected chi connectivity index (χ2v) is 3.98. The van der Waals surface area contributed by atoms with Crippen molar-refractivity contribution in [1.82, 2.24) is 10.2 Å². The van der Waals surface area contributed by atoms with Crippen LogP contribution >= 0.6 is 0 Å². The van der Waals surface area contributed by atoms with E-state index < -0.39 is 0 Å². The molecule has 0 aliphatic heterocycles. The van der Waals surface area contributed by atoms with Gasteiger partial charge in [0.25, 0.3) is 5.56 Å². The van der Waals surface area contributed by atoms with Crippen molar-refractivity contribution in [2.75, 3.05) is 5.32 Å². The van der Waals surface area contributed by atoms with Gasteiger partial charge in [0.05, 0.1) is 11.4 Å². The van der Waals surface area contributed by atoms with Crippen LogP contribution in [0.5, 0.6) is 0 Å². The first kappa shape index (κ1) is 12.7. The summed E-state index contributed by atoms with van der Waals surface area (Å²) < 4.78 is 0. The Morgan fingerprint density at radius 3 is 2.37 bits per heavy atom. The summed E-state index contributed by atoms with van der Waals surface area (Å²) in [5, 5.41) is 15.6. The molecule has 7 nitrogen and oxygen atoms in total. The van der Waals surface area contributed by atoms with Crippen LogP contribution in [-0.2, 0) is 4.79 Å². The minimum atomic E-state index is -0.309. The number of anilines is 1. The van der Waals surface area contributed by atoms with Crippen LogP contribution in [0.15, 0.2) is 39.3 Å². The number of benzene rings is 1. The van der Waals surface area contributed by atoms with Gasteiger partial charge in [0.1, 0.15) is 0 Å². The average molecular weight is 259 g/mol. The Hall–Kier alpha value is -2.70. The first-order valence-corrected chi connectivity index (χ1v) is 5.63. The first-order valence-electron chi connectivity index (χ1n) is 5.63. The number of carbonyl (C=O) groups excluding carboxylic acids is 1. The van der Waals surface area contributed by atoms with Crippen molar-refractivity contribution in [2.45, 2.75) is 13.8 Å². The highest BCUT2D eigenvalue weighted by Gasteiger charge is 2.03. The highest BCUT2D eigenvalue weighted by molar-refractivity contribution is 5.88. The van der Waals surface area contributed by atoms with Gasteiger partial charge in [-0.15, -0.1) is 5.11 Å². The molecule has 1 heterocycles. The lowest BCUT2D eigenvalue weighted by Crippen LogP contribution is -2.04. The van der Waals surface area contributed by atoms with Crippen molar-refractivity contribution in [3.63, 3.8) is 0 Å². The molecular weight excluding hydrogens is 246 g/mol. The fraction of sp³-hybridized carbons (Fsp3) is 0.167. The molecule has 0 aliphatic carbocycles. The van der Waals surface area contributed by atoms with Gasteiger partial charge >= 0.3 is 0 Å². The maximum atomic E-state index is 11.3. The number of aromatic amines is 2. The molecule has 1 aromatic carbocycles. The summed E-state index contributed by atoms with van der Waals surface area (Å²) in [6.45, 7) is 3.17. The summed E-state index contributed by atoms with van der Waals surface area (Å²) in [6.07, 6.45) is 0. The van der Waals surface area contributed by atoms with E-state index in [2.05, 4.69) is 25.7 Å². The van der Waals surface area contributed by atoms with Crippen LogP contribution in [0.3, 0.4) is 0 Å². The molecular formula is C12H13N5O2. The van der Waals surface area contributed by atoms with Gasteiger partial charge in [-0.25, -0.2) is 0 Å². The van der Waals surface area contributed by atoms with Gasteiger partial charge in [0.2, 0.25) is 5.91 Å². The largest absolute Gasteiger partial charge is 0.326 e. The van der Waals surface area contributed by atoms with Crippen LogP contribution in [0.1, 0.15) is 12.6 Å². The summed E-state index contributed by atoms with van der Waals surface area (Å²) in [5.74, 6) is -0.135. The second kappa shape index (κ2) is 5.30. The highest BCUT2D eigenvalue weighted by Crippen LogP contribution is 2.19. The SMILES string of the molecule is CC(=O)Nc1ccc(N=Nc2c(C)[nH][nH]c2=O)cc1. The smallest absolute Gasteiger partial charge is 0.291 e. The number of hydrogen-bond donors (Lipinski definition) is 3. The summed E-state index contributed by atoms with van der Waals surface area (Å²) >= 11 is 0. The Morgan fingerprint density at radius 1 is 1.16 bits per heavy atom. The normalized spacial score (nSPS) is 10.8. The van der Waals surface area contributed by atoms with E-state index in [0.29, 0.717) is 17.1 Å². The quantitative estimate of drug-likeness (QED) is 0.737. The molecule has 0 saturated carbocycles. The zero-order valence-corrected chi connectivity index (χ0v) is 10.5. The summed E-state index contributed by atoms with van der Waals surface area (Å²) in [4.78, 5) is 22.2. The van der Waals surface area contributed by atoms with E-state index in [0.717, 1.165) is 0 Å². The Kier molecular flexibility index (Phi) is 3.56.